The Hall–Kier alpha value is -3.30. The van der Waals surface area contributed by atoms with Gasteiger partial charge in [0.05, 0.1) is 16.8 Å². The number of benzene rings is 2. The third-order valence-electron chi connectivity index (χ3n) is 5.87. The fourth-order valence-corrected chi connectivity index (χ4v) is 3.21. The molecule has 2 aromatic carbocycles. The summed E-state index contributed by atoms with van der Waals surface area (Å²) in [6.45, 7) is 7.94. The molecule has 0 aromatic heterocycles. The van der Waals surface area contributed by atoms with E-state index < -0.39 is 30.4 Å². The summed E-state index contributed by atoms with van der Waals surface area (Å²) in [6.07, 6.45) is 1.13. The number of nitrogens with one attached hydrogen (secondary N) is 1. The van der Waals surface area contributed by atoms with E-state index in [1.165, 1.54) is 12.1 Å². The van der Waals surface area contributed by atoms with Crippen molar-refractivity contribution in [2.45, 2.75) is 45.5 Å². The molecular weight excluding hydrogens is 423 g/mol. The van der Waals surface area contributed by atoms with E-state index in [0.717, 1.165) is 5.56 Å². The zero-order chi connectivity index (χ0) is 24.2. The van der Waals surface area contributed by atoms with Gasteiger partial charge >= 0.3 is 19.2 Å². The minimum Gasteiger partial charge on any atom is -0.478 e. The van der Waals surface area contributed by atoms with E-state index in [2.05, 4.69) is 5.32 Å². The SMILES string of the molecule is CC1(C)OB(C(=Cc2ccc(N)c(C(=O)O)c2)CNC(=O)OCc2ccccc2)OC1(C)C. The first-order chi connectivity index (χ1) is 15.5. The molecule has 33 heavy (non-hydrogen) atoms. The number of ether oxygens (including phenoxy) is 1. The summed E-state index contributed by atoms with van der Waals surface area (Å²) in [5.74, 6) is -1.12. The highest BCUT2D eigenvalue weighted by molar-refractivity contribution is 6.56. The zero-order valence-corrected chi connectivity index (χ0v) is 19.3. The van der Waals surface area contributed by atoms with Crippen molar-refractivity contribution < 1.29 is 28.7 Å². The minimum atomic E-state index is -1.12. The van der Waals surface area contributed by atoms with Crippen LogP contribution in [0.4, 0.5) is 10.5 Å². The van der Waals surface area contributed by atoms with Crippen LogP contribution in [0.1, 0.15) is 49.2 Å². The van der Waals surface area contributed by atoms with Crippen LogP contribution in [0.5, 0.6) is 0 Å². The van der Waals surface area contributed by atoms with E-state index in [0.29, 0.717) is 11.0 Å². The number of carbonyl (C=O) groups excluding carboxylic acids is 1. The second kappa shape index (κ2) is 9.68. The third-order valence-corrected chi connectivity index (χ3v) is 5.87. The number of nitrogen functional groups attached to an aromatic ring is 1. The maximum Gasteiger partial charge on any atom is 0.492 e. The Labute approximate surface area is 193 Å². The molecule has 9 heteroatoms. The van der Waals surface area contributed by atoms with Crippen LogP contribution in [0, 0.1) is 0 Å². The highest BCUT2D eigenvalue weighted by Gasteiger charge is 2.52. The minimum absolute atomic E-state index is 0.00718. The number of carboxylic acids is 1. The Kier molecular flexibility index (Phi) is 7.14. The molecule has 0 radical (unpaired) electrons. The lowest BCUT2D eigenvalue weighted by atomic mass is 9.77. The lowest BCUT2D eigenvalue weighted by molar-refractivity contribution is 0.00578. The maximum atomic E-state index is 12.3. The average Bonchev–Trinajstić information content (AvgIpc) is 2.98. The van der Waals surface area contributed by atoms with Gasteiger partial charge in [-0.2, -0.15) is 0 Å². The molecule has 8 nitrogen and oxygen atoms in total. The van der Waals surface area contributed by atoms with Crippen molar-refractivity contribution in [1.82, 2.24) is 5.32 Å². The standard InChI is InChI=1S/C24H29BN2O6/c1-23(2)24(3,4)33-25(32-23)18(12-17-10-11-20(26)19(13-17)21(28)29)14-27-22(30)31-15-16-8-6-5-7-9-16/h5-13H,14-15,26H2,1-4H3,(H,27,30)(H,28,29). The second-order valence-electron chi connectivity index (χ2n) is 8.87. The molecular formula is C24H29BN2O6. The van der Waals surface area contributed by atoms with E-state index >= 15 is 0 Å². The first-order valence-corrected chi connectivity index (χ1v) is 10.6. The average molecular weight is 452 g/mol. The summed E-state index contributed by atoms with van der Waals surface area (Å²) in [5.41, 5.74) is 6.82. The van der Waals surface area contributed by atoms with Crippen molar-refractivity contribution in [1.29, 1.82) is 0 Å². The number of hydrogen-bond acceptors (Lipinski definition) is 6. The molecule has 1 saturated heterocycles. The largest absolute Gasteiger partial charge is 0.492 e. The van der Waals surface area contributed by atoms with E-state index in [1.54, 1.807) is 12.1 Å². The highest BCUT2D eigenvalue weighted by atomic mass is 16.7. The number of nitrogens with two attached hydrogens (primary N) is 1. The number of carboxylic acid groups (broad SMARTS) is 1. The number of carbonyl (C=O) groups is 2. The lowest BCUT2D eigenvalue weighted by Gasteiger charge is -2.32. The Morgan fingerprint density at radius 2 is 1.73 bits per heavy atom. The summed E-state index contributed by atoms with van der Waals surface area (Å²) in [6, 6.07) is 14.0. The van der Waals surface area contributed by atoms with Crippen molar-refractivity contribution in [3.8, 4) is 0 Å². The Balaban J connectivity index is 1.79. The van der Waals surface area contributed by atoms with Crippen LogP contribution in [0.2, 0.25) is 0 Å². The van der Waals surface area contributed by atoms with Gasteiger partial charge in [0, 0.05) is 12.2 Å². The van der Waals surface area contributed by atoms with Gasteiger partial charge in [-0.25, -0.2) is 9.59 Å². The van der Waals surface area contributed by atoms with E-state index in [4.69, 9.17) is 19.8 Å². The van der Waals surface area contributed by atoms with Gasteiger partial charge in [0.15, 0.2) is 0 Å². The van der Waals surface area contributed by atoms with Crippen molar-refractivity contribution in [2.24, 2.45) is 0 Å². The number of alkyl carbamates (subject to hydrolysis) is 1. The van der Waals surface area contributed by atoms with Crippen LogP contribution in [0.25, 0.3) is 6.08 Å². The molecule has 174 valence electrons. The lowest BCUT2D eigenvalue weighted by Crippen LogP contribution is -2.41. The molecule has 0 unspecified atom stereocenters. The van der Waals surface area contributed by atoms with Crippen LogP contribution in [-0.4, -0.2) is 42.0 Å². The van der Waals surface area contributed by atoms with E-state index in [1.807, 2.05) is 58.0 Å². The van der Waals surface area contributed by atoms with Crippen molar-refractivity contribution in [3.63, 3.8) is 0 Å². The predicted molar refractivity (Wildman–Crippen MR) is 127 cm³/mol. The van der Waals surface area contributed by atoms with Crippen LogP contribution >= 0.6 is 0 Å². The van der Waals surface area contributed by atoms with E-state index in [9.17, 15) is 14.7 Å². The van der Waals surface area contributed by atoms with Crippen molar-refractivity contribution >= 4 is 30.9 Å². The van der Waals surface area contributed by atoms with Crippen LogP contribution in [0.3, 0.4) is 0 Å². The monoisotopic (exact) mass is 452 g/mol. The topological polar surface area (TPSA) is 120 Å². The highest BCUT2D eigenvalue weighted by Crippen LogP contribution is 2.38. The Morgan fingerprint density at radius 1 is 1.09 bits per heavy atom. The fourth-order valence-electron chi connectivity index (χ4n) is 3.21. The molecule has 1 aliphatic rings. The van der Waals surface area contributed by atoms with Gasteiger partial charge in [-0.15, -0.1) is 0 Å². The van der Waals surface area contributed by atoms with Gasteiger partial charge in [0.1, 0.15) is 6.61 Å². The Bertz CT molecular complexity index is 1040. The van der Waals surface area contributed by atoms with Crippen LogP contribution in [-0.2, 0) is 20.7 Å². The number of anilines is 1. The number of amides is 1. The molecule has 1 amide bonds. The maximum absolute atomic E-state index is 12.3. The normalized spacial score (nSPS) is 17.0. The van der Waals surface area contributed by atoms with Crippen molar-refractivity contribution in [2.75, 3.05) is 12.3 Å². The molecule has 1 fully saturated rings. The Morgan fingerprint density at radius 3 is 2.33 bits per heavy atom. The molecule has 0 aliphatic carbocycles. The summed E-state index contributed by atoms with van der Waals surface area (Å²) in [5, 5.41) is 12.1. The fraction of sp³-hybridized carbons (Fsp3) is 0.333. The summed E-state index contributed by atoms with van der Waals surface area (Å²) in [7, 11) is -0.741. The predicted octanol–water partition coefficient (Wildman–Crippen LogP) is 3.91. The number of aromatic carboxylic acids is 1. The molecule has 0 spiro atoms. The van der Waals surface area contributed by atoms with Gasteiger partial charge in [-0.1, -0.05) is 42.5 Å². The summed E-state index contributed by atoms with van der Waals surface area (Å²) >= 11 is 0. The third kappa shape index (κ3) is 5.94. The molecule has 1 aliphatic heterocycles. The quantitative estimate of drug-likeness (QED) is 0.430. The molecule has 1 heterocycles. The van der Waals surface area contributed by atoms with Crippen LogP contribution in [0.15, 0.2) is 54.0 Å². The van der Waals surface area contributed by atoms with Crippen molar-refractivity contribution in [3.05, 3.63) is 70.7 Å². The summed E-state index contributed by atoms with van der Waals surface area (Å²) in [4.78, 5) is 23.8. The zero-order valence-electron chi connectivity index (χ0n) is 19.3. The van der Waals surface area contributed by atoms with Gasteiger partial charge in [-0.05, 0) is 56.4 Å². The summed E-state index contributed by atoms with van der Waals surface area (Å²) < 4.78 is 17.6. The van der Waals surface area contributed by atoms with Gasteiger partial charge in [0.2, 0.25) is 0 Å². The molecule has 3 rings (SSSR count). The first-order valence-electron chi connectivity index (χ1n) is 10.6. The van der Waals surface area contributed by atoms with E-state index in [-0.39, 0.29) is 24.4 Å². The molecule has 0 atom stereocenters. The first kappa shape index (κ1) is 24.3. The van der Waals surface area contributed by atoms with Gasteiger partial charge in [-0.3, -0.25) is 0 Å². The smallest absolute Gasteiger partial charge is 0.478 e. The molecule has 4 N–H and O–H groups in total. The van der Waals surface area contributed by atoms with Gasteiger partial charge in [0.25, 0.3) is 0 Å². The molecule has 0 bridgehead atoms. The number of hydrogen-bond donors (Lipinski definition) is 3. The second-order valence-corrected chi connectivity index (χ2v) is 8.87. The van der Waals surface area contributed by atoms with Crippen LogP contribution < -0.4 is 11.1 Å². The number of rotatable bonds is 7. The van der Waals surface area contributed by atoms with Gasteiger partial charge < -0.3 is 30.2 Å². The molecule has 0 saturated carbocycles. The molecule has 2 aromatic rings.